The lowest BCUT2D eigenvalue weighted by Crippen LogP contribution is -2.17. The van der Waals surface area contributed by atoms with Crippen LogP contribution in [0.5, 0.6) is 0 Å². The highest BCUT2D eigenvalue weighted by atomic mass is 79.9. The number of imide groups is 1. The molecule has 2 amide bonds. The summed E-state index contributed by atoms with van der Waals surface area (Å²) >= 11 is 4.29. The summed E-state index contributed by atoms with van der Waals surface area (Å²) in [6.45, 7) is 0. The molecule has 0 radical (unpaired) electrons. The van der Waals surface area contributed by atoms with Crippen molar-refractivity contribution in [3.63, 3.8) is 0 Å². The van der Waals surface area contributed by atoms with Gasteiger partial charge in [-0.2, -0.15) is 0 Å². The number of hydrogen-bond acceptors (Lipinski definition) is 4. The van der Waals surface area contributed by atoms with E-state index in [1.165, 1.54) is 0 Å². The Hall–Kier alpha value is -1.53. The summed E-state index contributed by atoms with van der Waals surface area (Å²) in [7, 11) is 0. The third-order valence-corrected chi connectivity index (χ3v) is 3.74. The van der Waals surface area contributed by atoms with Crippen LogP contribution in [0.25, 0.3) is 17.0 Å². The number of benzene rings is 1. The predicted octanol–water partition coefficient (Wildman–Crippen LogP) is 3.52. The van der Waals surface area contributed by atoms with Crippen molar-refractivity contribution < 1.29 is 14.0 Å². The van der Waals surface area contributed by atoms with E-state index in [9.17, 15) is 9.59 Å². The van der Waals surface area contributed by atoms with Crippen molar-refractivity contribution in [2.24, 2.45) is 0 Å². The van der Waals surface area contributed by atoms with Gasteiger partial charge in [-0.25, -0.2) is 0 Å². The van der Waals surface area contributed by atoms with Gasteiger partial charge in [0.25, 0.3) is 11.1 Å². The highest BCUT2D eigenvalue weighted by Crippen LogP contribution is 2.31. The standard InChI is InChI=1S/C12H6BrNO3S/c13-8-3-6-1-2-17-10(6)7(4-8)5-9-11(15)14-12(16)18-9/h1-5H,(H,14,15,16)/b9-5-. The molecule has 1 aliphatic rings. The van der Waals surface area contributed by atoms with Gasteiger partial charge in [0.05, 0.1) is 11.2 Å². The van der Waals surface area contributed by atoms with Gasteiger partial charge in [-0.05, 0) is 36.0 Å². The predicted molar refractivity (Wildman–Crippen MR) is 73.0 cm³/mol. The summed E-state index contributed by atoms with van der Waals surface area (Å²) < 4.78 is 6.27. The van der Waals surface area contributed by atoms with Gasteiger partial charge in [-0.15, -0.1) is 0 Å². The molecular formula is C12H6BrNO3S. The first kappa shape index (κ1) is 11.6. The molecule has 1 fully saturated rings. The largest absolute Gasteiger partial charge is 0.464 e. The third-order valence-electron chi connectivity index (χ3n) is 2.47. The van der Waals surface area contributed by atoms with Crippen molar-refractivity contribution in [3.05, 3.63) is 39.4 Å². The summed E-state index contributed by atoms with van der Waals surface area (Å²) in [6.07, 6.45) is 3.24. The zero-order valence-electron chi connectivity index (χ0n) is 8.90. The number of amides is 2. The average molecular weight is 324 g/mol. The molecule has 18 heavy (non-hydrogen) atoms. The van der Waals surface area contributed by atoms with Gasteiger partial charge in [0.1, 0.15) is 5.58 Å². The lowest BCUT2D eigenvalue weighted by molar-refractivity contribution is -0.115. The van der Waals surface area contributed by atoms with Gasteiger partial charge in [0.15, 0.2) is 0 Å². The SMILES string of the molecule is O=C1NC(=O)/C(=C/c2cc(Br)cc3ccoc23)S1. The second kappa shape index (κ2) is 4.29. The number of halogens is 1. The first-order valence-electron chi connectivity index (χ1n) is 5.05. The Morgan fingerprint density at radius 2 is 2.17 bits per heavy atom. The number of hydrogen-bond donors (Lipinski definition) is 1. The molecule has 0 bridgehead atoms. The maximum absolute atomic E-state index is 11.5. The molecule has 1 saturated heterocycles. The lowest BCUT2D eigenvalue weighted by atomic mass is 10.1. The molecule has 0 aliphatic carbocycles. The summed E-state index contributed by atoms with van der Waals surface area (Å²) in [5, 5.41) is 2.80. The van der Waals surface area contributed by atoms with Crippen molar-refractivity contribution in [1.29, 1.82) is 0 Å². The van der Waals surface area contributed by atoms with E-state index in [2.05, 4.69) is 21.2 Å². The Morgan fingerprint density at radius 1 is 1.33 bits per heavy atom. The highest BCUT2D eigenvalue weighted by molar-refractivity contribution is 9.10. The molecule has 0 saturated carbocycles. The van der Waals surface area contributed by atoms with Crippen LogP contribution in [0.4, 0.5) is 4.79 Å². The fourth-order valence-electron chi connectivity index (χ4n) is 1.74. The molecule has 1 aliphatic heterocycles. The fourth-order valence-corrected chi connectivity index (χ4v) is 2.91. The second-order valence-electron chi connectivity index (χ2n) is 3.69. The zero-order valence-corrected chi connectivity index (χ0v) is 11.3. The smallest absolute Gasteiger partial charge is 0.290 e. The minimum atomic E-state index is -0.371. The molecule has 90 valence electrons. The van der Waals surface area contributed by atoms with Gasteiger partial charge >= 0.3 is 0 Å². The van der Waals surface area contributed by atoms with E-state index >= 15 is 0 Å². The summed E-state index contributed by atoms with van der Waals surface area (Å²) in [4.78, 5) is 22.9. The number of thioether (sulfide) groups is 1. The van der Waals surface area contributed by atoms with E-state index in [-0.39, 0.29) is 11.1 Å². The van der Waals surface area contributed by atoms with Gasteiger partial charge < -0.3 is 4.42 Å². The molecule has 2 aromatic rings. The number of carbonyl (C=O) groups excluding carboxylic acids is 2. The van der Waals surface area contributed by atoms with Crippen molar-refractivity contribution in [2.45, 2.75) is 0 Å². The fraction of sp³-hybridized carbons (Fsp3) is 0. The van der Waals surface area contributed by atoms with Gasteiger partial charge in [0, 0.05) is 15.4 Å². The molecule has 3 rings (SSSR count). The Balaban J connectivity index is 2.15. The Bertz CT molecular complexity index is 704. The van der Waals surface area contributed by atoms with Crippen LogP contribution in [-0.2, 0) is 4.79 Å². The summed E-state index contributed by atoms with van der Waals surface area (Å²) in [5.74, 6) is -0.371. The van der Waals surface area contributed by atoms with Crippen molar-refractivity contribution in [2.75, 3.05) is 0 Å². The molecule has 1 aromatic carbocycles. The summed E-state index contributed by atoms with van der Waals surface area (Å²) in [6, 6.07) is 5.61. The van der Waals surface area contributed by atoms with Crippen LogP contribution in [0.2, 0.25) is 0 Å². The van der Waals surface area contributed by atoms with Gasteiger partial charge in [-0.1, -0.05) is 15.9 Å². The van der Waals surface area contributed by atoms with Crippen molar-refractivity contribution in [3.8, 4) is 0 Å². The molecule has 0 atom stereocenters. The quantitative estimate of drug-likeness (QED) is 0.816. The highest BCUT2D eigenvalue weighted by Gasteiger charge is 2.25. The molecule has 0 unspecified atom stereocenters. The molecule has 1 N–H and O–H groups in total. The molecule has 4 nitrogen and oxygen atoms in total. The van der Waals surface area contributed by atoms with E-state index in [1.54, 1.807) is 12.3 Å². The van der Waals surface area contributed by atoms with Crippen LogP contribution in [0.3, 0.4) is 0 Å². The maximum Gasteiger partial charge on any atom is 0.290 e. The van der Waals surface area contributed by atoms with Crippen LogP contribution in [0, 0.1) is 0 Å². The monoisotopic (exact) mass is 323 g/mol. The van der Waals surface area contributed by atoms with E-state index < -0.39 is 0 Å². The summed E-state index contributed by atoms with van der Waals surface area (Å²) in [5.41, 5.74) is 1.45. The lowest BCUT2D eigenvalue weighted by Gasteiger charge is -1.99. The van der Waals surface area contributed by atoms with Crippen LogP contribution in [-0.4, -0.2) is 11.1 Å². The molecule has 1 aromatic heterocycles. The minimum absolute atomic E-state index is 0.350. The maximum atomic E-state index is 11.5. The normalized spacial score (nSPS) is 17.7. The van der Waals surface area contributed by atoms with E-state index in [1.807, 2.05) is 18.2 Å². The number of fused-ring (bicyclic) bond motifs is 1. The van der Waals surface area contributed by atoms with Crippen molar-refractivity contribution >= 4 is 55.9 Å². The topological polar surface area (TPSA) is 59.3 Å². The minimum Gasteiger partial charge on any atom is -0.464 e. The zero-order chi connectivity index (χ0) is 12.7. The Kier molecular flexibility index (Phi) is 2.76. The van der Waals surface area contributed by atoms with E-state index in [0.29, 0.717) is 10.5 Å². The van der Waals surface area contributed by atoms with Gasteiger partial charge in [0.2, 0.25) is 0 Å². The van der Waals surface area contributed by atoms with E-state index in [4.69, 9.17) is 4.42 Å². The Morgan fingerprint density at radius 3 is 2.89 bits per heavy atom. The number of furan rings is 1. The first-order chi connectivity index (χ1) is 8.63. The second-order valence-corrected chi connectivity index (χ2v) is 5.62. The number of rotatable bonds is 1. The van der Waals surface area contributed by atoms with Crippen LogP contribution >= 0.6 is 27.7 Å². The number of carbonyl (C=O) groups is 2. The Labute approximate surface area is 115 Å². The third kappa shape index (κ3) is 1.97. The van der Waals surface area contributed by atoms with E-state index in [0.717, 1.165) is 27.2 Å². The van der Waals surface area contributed by atoms with Crippen molar-refractivity contribution in [1.82, 2.24) is 5.32 Å². The van der Waals surface area contributed by atoms with Crippen LogP contribution in [0.1, 0.15) is 5.56 Å². The number of nitrogens with one attached hydrogen (secondary N) is 1. The average Bonchev–Trinajstić information content (AvgIpc) is 2.86. The van der Waals surface area contributed by atoms with Gasteiger partial charge in [-0.3, -0.25) is 14.9 Å². The first-order valence-corrected chi connectivity index (χ1v) is 6.66. The molecule has 2 heterocycles. The molecule has 0 spiro atoms. The molecular weight excluding hydrogens is 318 g/mol. The van der Waals surface area contributed by atoms with Crippen LogP contribution < -0.4 is 5.32 Å². The van der Waals surface area contributed by atoms with Crippen LogP contribution in [0.15, 0.2) is 38.3 Å². The molecule has 6 heteroatoms.